The van der Waals surface area contributed by atoms with Gasteiger partial charge in [-0.05, 0) is 41.4 Å². The maximum absolute atomic E-state index is 12.1. The first kappa shape index (κ1) is 20.3. The number of aliphatic imine (C=N–C) groups is 1. The molecule has 0 aliphatic rings. The predicted octanol–water partition coefficient (Wildman–Crippen LogP) is 1.78. The molecule has 142 valence electrons. The number of aromatic nitrogens is 1. The second-order valence-corrected chi connectivity index (χ2v) is 8.24. The minimum atomic E-state index is -3.54. The van der Waals surface area contributed by atoms with E-state index in [0.29, 0.717) is 25.0 Å². The molecule has 0 bridgehead atoms. The van der Waals surface area contributed by atoms with Crippen LogP contribution in [0.4, 0.5) is 0 Å². The number of hydrogen-bond acceptors (Lipinski definition) is 5. The first-order chi connectivity index (χ1) is 12.5. The molecule has 3 N–H and O–H groups in total. The van der Waals surface area contributed by atoms with Gasteiger partial charge in [0.05, 0.1) is 0 Å². The van der Waals surface area contributed by atoms with E-state index in [4.69, 9.17) is 0 Å². The lowest BCUT2D eigenvalue weighted by molar-refractivity contribution is 0.580. The van der Waals surface area contributed by atoms with Crippen molar-refractivity contribution in [3.8, 4) is 0 Å². The van der Waals surface area contributed by atoms with E-state index in [1.54, 1.807) is 17.4 Å². The van der Waals surface area contributed by atoms with Gasteiger partial charge in [0.15, 0.2) is 5.96 Å². The first-order valence-electron chi connectivity index (χ1n) is 8.47. The summed E-state index contributed by atoms with van der Waals surface area (Å²) in [7, 11) is -3.54. The van der Waals surface area contributed by atoms with Crippen molar-refractivity contribution < 1.29 is 8.42 Å². The van der Waals surface area contributed by atoms with Crippen LogP contribution in [0.2, 0.25) is 0 Å². The highest BCUT2D eigenvalue weighted by Crippen LogP contribution is 2.18. The maximum atomic E-state index is 12.1. The molecule has 0 radical (unpaired) electrons. The van der Waals surface area contributed by atoms with Gasteiger partial charge < -0.3 is 10.6 Å². The topological polar surface area (TPSA) is 95.5 Å². The summed E-state index contributed by atoms with van der Waals surface area (Å²) in [5.41, 5.74) is 1.28. The van der Waals surface area contributed by atoms with Crippen LogP contribution < -0.4 is 15.4 Å². The number of nitrogens with zero attached hydrogens (tertiary/aromatic N) is 2. The van der Waals surface area contributed by atoms with Gasteiger partial charge in [0, 0.05) is 44.5 Å². The van der Waals surface area contributed by atoms with Gasteiger partial charge in [0.2, 0.25) is 10.0 Å². The Balaban J connectivity index is 1.82. The van der Waals surface area contributed by atoms with E-state index >= 15 is 0 Å². The van der Waals surface area contributed by atoms with Gasteiger partial charge in [-0.15, -0.1) is 0 Å². The summed E-state index contributed by atoms with van der Waals surface area (Å²) in [5, 5.41) is 10.5. The lowest BCUT2D eigenvalue weighted by atomic mass is 10.1. The third-order valence-corrected chi connectivity index (χ3v) is 5.78. The van der Waals surface area contributed by atoms with Crippen LogP contribution in [0.1, 0.15) is 25.3 Å². The van der Waals surface area contributed by atoms with E-state index in [1.165, 1.54) is 24.0 Å². The Morgan fingerprint density at radius 2 is 2.15 bits per heavy atom. The Kier molecular flexibility index (Phi) is 8.02. The van der Waals surface area contributed by atoms with E-state index < -0.39 is 10.0 Å². The molecule has 2 heterocycles. The van der Waals surface area contributed by atoms with Crippen molar-refractivity contribution in [2.45, 2.75) is 24.7 Å². The Morgan fingerprint density at radius 3 is 2.81 bits per heavy atom. The fourth-order valence-corrected chi connectivity index (χ4v) is 3.96. The summed E-state index contributed by atoms with van der Waals surface area (Å²) < 4.78 is 26.8. The van der Waals surface area contributed by atoms with Gasteiger partial charge in [-0.2, -0.15) is 11.3 Å². The molecular formula is C17H25N5O2S2. The molecule has 2 aromatic rings. The smallest absolute Gasteiger partial charge is 0.242 e. The van der Waals surface area contributed by atoms with E-state index in [9.17, 15) is 8.42 Å². The molecule has 9 heteroatoms. The van der Waals surface area contributed by atoms with Gasteiger partial charge in [-0.1, -0.05) is 6.92 Å². The second-order valence-electron chi connectivity index (χ2n) is 5.69. The zero-order chi connectivity index (χ0) is 18.8. The van der Waals surface area contributed by atoms with Crippen molar-refractivity contribution in [3.05, 3.63) is 46.9 Å². The lowest BCUT2D eigenvalue weighted by Crippen LogP contribution is -2.41. The van der Waals surface area contributed by atoms with Crippen molar-refractivity contribution in [1.82, 2.24) is 20.3 Å². The normalized spacial score (nSPS) is 13.4. The van der Waals surface area contributed by atoms with Crippen molar-refractivity contribution in [3.63, 3.8) is 0 Å². The van der Waals surface area contributed by atoms with Gasteiger partial charge >= 0.3 is 0 Å². The molecule has 0 aromatic carbocycles. The minimum absolute atomic E-state index is 0.158. The molecule has 0 aliphatic carbocycles. The van der Waals surface area contributed by atoms with Crippen LogP contribution in [0.25, 0.3) is 0 Å². The van der Waals surface area contributed by atoms with Gasteiger partial charge in [-0.25, -0.2) is 13.1 Å². The minimum Gasteiger partial charge on any atom is -0.357 e. The Bertz CT molecular complexity index is 777. The zero-order valence-corrected chi connectivity index (χ0v) is 16.6. The fraction of sp³-hybridized carbons (Fsp3) is 0.412. The van der Waals surface area contributed by atoms with Crippen LogP contribution in [0, 0.1) is 0 Å². The highest BCUT2D eigenvalue weighted by atomic mass is 32.2. The molecule has 2 rings (SSSR count). The lowest BCUT2D eigenvalue weighted by Gasteiger charge is -2.13. The third kappa shape index (κ3) is 6.40. The van der Waals surface area contributed by atoms with Crippen molar-refractivity contribution in [2.75, 3.05) is 26.2 Å². The highest BCUT2D eigenvalue weighted by Gasteiger charge is 2.13. The van der Waals surface area contributed by atoms with Crippen LogP contribution in [0.3, 0.4) is 0 Å². The molecule has 0 fully saturated rings. The average Bonchev–Trinajstić information content (AvgIpc) is 3.18. The Labute approximate surface area is 159 Å². The standard InChI is InChI=1S/C17H25N5O2S2/c1-3-19-17(21-11-14(2)15-6-10-25-13-15)20-8-9-22-26(23,24)16-5-4-7-18-12-16/h4-7,10,12-14,22H,3,8-9,11H2,1-2H3,(H2,19,20,21). The summed E-state index contributed by atoms with van der Waals surface area (Å²) in [6.07, 6.45) is 2.87. The Hall–Kier alpha value is -1.97. The summed E-state index contributed by atoms with van der Waals surface area (Å²) >= 11 is 1.68. The highest BCUT2D eigenvalue weighted by molar-refractivity contribution is 7.89. The van der Waals surface area contributed by atoms with Crippen molar-refractivity contribution in [2.24, 2.45) is 4.99 Å². The molecule has 0 saturated carbocycles. The SMILES string of the molecule is CCNC(=NCC(C)c1ccsc1)NCCNS(=O)(=O)c1cccnc1. The number of nitrogens with one attached hydrogen (secondary N) is 3. The molecule has 0 amide bonds. The van der Waals surface area contributed by atoms with Gasteiger partial charge in [-0.3, -0.25) is 9.98 Å². The van der Waals surface area contributed by atoms with Gasteiger partial charge in [0.1, 0.15) is 4.90 Å². The molecule has 2 aromatic heterocycles. The largest absolute Gasteiger partial charge is 0.357 e. The number of guanidine groups is 1. The zero-order valence-electron chi connectivity index (χ0n) is 15.0. The monoisotopic (exact) mass is 395 g/mol. The fourth-order valence-electron chi connectivity index (χ4n) is 2.19. The summed E-state index contributed by atoms with van der Waals surface area (Å²) in [4.78, 5) is 8.56. The van der Waals surface area contributed by atoms with E-state index in [2.05, 4.69) is 49.1 Å². The molecule has 1 atom stereocenters. The number of hydrogen-bond donors (Lipinski definition) is 3. The molecule has 0 aliphatic heterocycles. The van der Waals surface area contributed by atoms with Crippen LogP contribution in [-0.2, 0) is 10.0 Å². The maximum Gasteiger partial charge on any atom is 0.242 e. The molecule has 7 nitrogen and oxygen atoms in total. The van der Waals surface area contributed by atoms with Crippen molar-refractivity contribution in [1.29, 1.82) is 0 Å². The van der Waals surface area contributed by atoms with Crippen LogP contribution in [-0.4, -0.2) is 45.5 Å². The second kappa shape index (κ2) is 10.2. The van der Waals surface area contributed by atoms with Crippen LogP contribution >= 0.6 is 11.3 Å². The predicted molar refractivity (Wildman–Crippen MR) is 106 cm³/mol. The first-order valence-corrected chi connectivity index (χ1v) is 10.9. The summed E-state index contributed by atoms with van der Waals surface area (Å²) in [6, 6.07) is 5.22. The number of pyridine rings is 1. The summed E-state index contributed by atoms with van der Waals surface area (Å²) in [6.45, 7) is 6.20. The number of thiophene rings is 1. The molecular weight excluding hydrogens is 370 g/mol. The van der Waals surface area contributed by atoms with Crippen LogP contribution in [0.15, 0.2) is 51.2 Å². The molecule has 0 saturated heterocycles. The van der Waals surface area contributed by atoms with E-state index in [0.717, 1.165) is 6.54 Å². The Morgan fingerprint density at radius 1 is 1.31 bits per heavy atom. The average molecular weight is 396 g/mol. The van der Waals surface area contributed by atoms with Crippen molar-refractivity contribution >= 4 is 27.3 Å². The van der Waals surface area contributed by atoms with Gasteiger partial charge in [0.25, 0.3) is 0 Å². The quantitative estimate of drug-likeness (QED) is 0.342. The van der Waals surface area contributed by atoms with E-state index in [-0.39, 0.29) is 11.4 Å². The molecule has 1 unspecified atom stereocenters. The number of rotatable bonds is 9. The number of sulfonamides is 1. The van der Waals surface area contributed by atoms with Crippen LogP contribution in [0.5, 0.6) is 0 Å². The van der Waals surface area contributed by atoms with E-state index in [1.807, 2.05) is 6.92 Å². The molecule has 26 heavy (non-hydrogen) atoms. The third-order valence-electron chi connectivity index (χ3n) is 3.63. The summed E-state index contributed by atoms with van der Waals surface area (Å²) in [5.74, 6) is 1.01. The molecule has 0 spiro atoms.